The number of ketones is 1. The van der Waals surface area contributed by atoms with E-state index in [9.17, 15) is 14.4 Å². The Hall–Kier alpha value is -2.77. The van der Waals surface area contributed by atoms with Crippen molar-refractivity contribution in [1.29, 1.82) is 0 Å². The van der Waals surface area contributed by atoms with Gasteiger partial charge in [-0.3, -0.25) is 9.59 Å². The van der Waals surface area contributed by atoms with E-state index in [1.165, 1.54) is 7.11 Å². The molecule has 1 aliphatic carbocycles. The molecule has 2 aliphatic rings. The second-order valence-electron chi connectivity index (χ2n) is 9.76. The summed E-state index contributed by atoms with van der Waals surface area (Å²) < 4.78 is 16.5. The summed E-state index contributed by atoms with van der Waals surface area (Å²) in [7, 11) is 1.27. The van der Waals surface area contributed by atoms with Crippen molar-refractivity contribution in [1.82, 2.24) is 10.2 Å². The summed E-state index contributed by atoms with van der Waals surface area (Å²) in [4.78, 5) is 39.2. The highest BCUT2D eigenvalue weighted by molar-refractivity contribution is 6.04. The molecule has 1 amide bonds. The highest BCUT2D eigenvalue weighted by Gasteiger charge is 2.37. The van der Waals surface area contributed by atoms with Gasteiger partial charge in [0.1, 0.15) is 17.3 Å². The number of allylic oxidation sites excluding steroid dienone is 1. The molecule has 1 atom stereocenters. The van der Waals surface area contributed by atoms with Gasteiger partial charge in [-0.25, -0.2) is 4.79 Å². The van der Waals surface area contributed by atoms with Gasteiger partial charge in [-0.05, 0) is 38.7 Å². The number of ether oxygens (including phenoxy) is 3. The Labute approximate surface area is 197 Å². The Morgan fingerprint density at radius 2 is 1.97 bits per heavy atom. The summed E-state index contributed by atoms with van der Waals surface area (Å²) in [5, 5.41) is 2.83. The summed E-state index contributed by atoms with van der Waals surface area (Å²) in [6.07, 6.45) is 4.96. The first-order valence-corrected chi connectivity index (χ1v) is 11.6. The zero-order valence-electron chi connectivity index (χ0n) is 20.9. The Morgan fingerprint density at radius 3 is 2.55 bits per heavy atom. The van der Waals surface area contributed by atoms with Gasteiger partial charge >= 0.3 is 12.1 Å². The topological polar surface area (TPSA) is 94.2 Å². The maximum atomic E-state index is 12.6. The minimum Gasteiger partial charge on any atom is -0.491 e. The van der Waals surface area contributed by atoms with E-state index in [0.29, 0.717) is 30.4 Å². The molecule has 0 fully saturated rings. The molecule has 0 aromatic heterocycles. The quantitative estimate of drug-likeness (QED) is 0.313. The molecule has 184 valence electrons. The van der Waals surface area contributed by atoms with E-state index >= 15 is 0 Å². The molecule has 0 bridgehead atoms. The lowest BCUT2D eigenvalue weighted by atomic mass is 9.83. The molecule has 8 nitrogen and oxygen atoms in total. The number of carbonyl (C=O) groups excluding carboxylic acids is 3. The minimum atomic E-state index is -0.969. The Bertz CT molecular complexity index is 847. The molecule has 0 radical (unpaired) electrons. The van der Waals surface area contributed by atoms with Crippen LogP contribution in [0.5, 0.6) is 0 Å². The van der Waals surface area contributed by atoms with Gasteiger partial charge in [-0.2, -0.15) is 0 Å². The molecule has 2 rings (SSSR count). The van der Waals surface area contributed by atoms with E-state index in [4.69, 9.17) is 14.2 Å². The number of rotatable bonds is 9. The number of unbranched alkanes of at least 4 members (excludes halogenated alkanes) is 1. The minimum absolute atomic E-state index is 0.119. The van der Waals surface area contributed by atoms with Crippen molar-refractivity contribution >= 4 is 17.8 Å². The number of hydrogen-bond acceptors (Lipinski definition) is 7. The lowest BCUT2D eigenvalue weighted by molar-refractivity contribution is -0.147. The van der Waals surface area contributed by atoms with E-state index in [1.54, 1.807) is 6.08 Å². The fourth-order valence-corrected chi connectivity index (χ4v) is 3.66. The SMILES string of the molecule is CCCCOC1=C(CNC(=O)OC(C)(C)C)N(CC(C)C)C=C2CC(=O)C(C(=O)OC)C=C21. The molecule has 33 heavy (non-hydrogen) atoms. The van der Waals surface area contributed by atoms with Crippen molar-refractivity contribution in [3.05, 3.63) is 34.9 Å². The van der Waals surface area contributed by atoms with Gasteiger partial charge in [0.15, 0.2) is 5.78 Å². The number of hydrogen-bond donors (Lipinski definition) is 1. The van der Waals surface area contributed by atoms with Crippen molar-refractivity contribution in [3.63, 3.8) is 0 Å². The fourth-order valence-electron chi connectivity index (χ4n) is 3.66. The zero-order valence-corrected chi connectivity index (χ0v) is 20.9. The number of nitrogens with one attached hydrogen (secondary N) is 1. The number of nitrogens with zero attached hydrogens (tertiary/aromatic N) is 1. The molecule has 1 aliphatic heterocycles. The van der Waals surface area contributed by atoms with Crippen LogP contribution in [0.2, 0.25) is 0 Å². The molecule has 0 aromatic carbocycles. The highest BCUT2D eigenvalue weighted by atomic mass is 16.6. The van der Waals surface area contributed by atoms with Gasteiger partial charge in [-0.15, -0.1) is 0 Å². The van der Waals surface area contributed by atoms with Crippen molar-refractivity contribution in [2.45, 2.75) is 66.4 Å². The first kappa shape index (κ1) is 26.5. The van der Waals surface area contributed by atoms with Crippen LogP contribution in [0.4, 0.5) is 4.79 Å². The van der Waals surface area contributed by atoms with Gasteiger partial charge in [0.2, 0.25) is 0 Å². The third-order valence-corrected chi connectivity index (χ3v) is 5.12. The second-order valence-corrected chi connectivity index (χ2v) is 9.76. The number of fused-ring (bicyclic) bond motifs is 1. The van der Waals surface area contributed by atoms with Crippen molar-refractivity contribution in [2.75, 3.05) is 26.8 Å². The summed E-state index contributed by atoms with van der Waals surface area (Å²) in [6.45, 7) is 13.0. The monoisotopic (exact) mass is 462 g/mol. The van der Waals surface area contributed by atoms with Crippen LogP contribution in [0.25, 0.3) is 0 Å². The predicted molar refractivity (Wildman–Crippen MR) is 125 cm³/mol. The second kappa shape index (κ2) is 11.4. The van der Waals surface area contributed by atoms with Crippen LogP contribution in [0.1, 0.15) is 60.8 Å². The number of amides is 1. The Morgan fingerprint density at radius 1 is 1.27 bits per heavy atom. The van der Waals surface area contributed by atoms with Gasteiger partial charge in [0.25, 0.3) is 0 Å². The van der Waals surface area contributed by atoms with E-state index in [1.807, 2.05) is 31.9 Å². The molecule has 0 aromatic rings. The Kier molecular flexibility index (Phi) is 9.14. The molecule has 1 heterocycles. The van der Waals surface area contributed by atoms with Gasteiger partial charge in [0.05, 0.1) is 26.0 Å². The summed E-state index contributed by atoms with van der Waals surface area (Å²) in [5.74, 6) is -0.854. The standard InChI is InChI=1S/C25H38N2O6/c1-8-9-10-32-22-18-12-19(23(29)31-7)21(28)11-17(18)15-27(14-16(2)3)20(22)13-26-24(30)33-25(4,5)6/h12,15-16,19H,8-11,13-14H2,1-7H3,(H,26,30). The van der Waals surface area contributed by atoms with Crippen molar-refractivity contribution < 1.29 is 28.6 Å². The van der Waals surface area contributed by atoms with Crippen LogP contribution >= 0.6 is 0 Å². The van der Waals surface area contributed by atoms with Crippen LogP contribution in [-0.4, -0.2) is 55.2 Å². The molecule has 0 saturated carbocycles. The molecule has 1 N–H and O–H groups in total. The molecular weight excluding hydrogens is 424 g/mol. The summed E-state index contributed by atoms with van der Waals surface area (Å²) in [6, 6.07) is 0. The number of alkyl carbamates (subject to hydrolysis) is 1. The summed E-state index contributed by atoms with van der Waals surface area (Å²) >= 11 is 0. The van der Waals surface area contributed by atoms with Crippen LogP contribution in [-0.2, 0) is 23.8 Å². The predicted octanol–water partition coefficient (Wildman–Crippen LogP) is 4.08. The average Bonchev–Trinajstić information content (AvgIpc) is 2.70. The smallest absolute Gasteiger partial charge is 0.407 e. The molecule has 0 saturated heterocycles. The van der Waals surface area contributed by atoms with Crippen molar-refractivity contribution in [2.24, 2.45) is 11.8 Å². The molecular formula is C25H38N2O6. The number of Topliss-reactive ketones (excluding diaryl/α,β-unsaturated/α-hetero) is 1. The third-order valence-electron chi connectivity index (χ3n) is 5.12. The normalized spacial score (nSPS) is 18.5. The van der Waals surface area contributed by atoms with Gasteiger partial charge < -0.3 is 24.4 Å². The molecule has 0 spiro atoms. The van der Waals surface area contributed by atoms with E-state index in [-0.39, 0.29) is 18.7 Å². The maximum Gasteiger partial charge on any atom is 0.407 e. The van der Waals surface area contributed by atoms with Crippen LogP contribution < -0.4 is 5.32 Å². The highest BCUT2D eigenvalue weighted by Crippen LogP contribution is 2.38. The van der Waals surface area contributed by atoms with Crippen LogP contribution in [0.3, 0.4) is 0 Å². The first-order valence-electron chi connectivity index (χ1n) is 11.6. The molecule has 1 unspecified atom stereocenters. The van der Waals surface area contributed by atoms with Crippen LogP contribution in [0.15, 0.2) is 34.9 Å². The number of carbonyl (C=O) groups is 3. The molecule has 8 heteroatoms. The van der Waals surface area contributed by atoms with Crippen molar-refractivity contribution in [3.8, 4) is 0 Å². The van der Waals surface area contributed by atoms with E-state index in [0.717, 1.165) is 24.1 Å². The maximum absolute atomic E-state index is 12.6. The summed E-state index contributed by atoms with van der Waals surface area (Å²) in [5.41, 5.74) is 1.66. The fraction of sp³-hybridized carbons (Fsp3) is 0.640. The van der Waals surface area contributed by atoms with Gasteiger partial charge in [0, 0.05) is 24.7 Å². The van der Waals surface area contributed by atoms with Crippen LogP contribution in [0, 0.1) is 11.8 Å². The lowest BCUT2D eigenvalue weighted by Gasteiger charge is -2.36. The first-order chi connectivity index (χ1) is 15.5. The van der Waals surface area contributed by atoms with E-state index in [2.05, 4.69) is 26.1 Å². The largest absolute Gasteiger partial charge is 0.491 e. The average molecular weight is 463 g/mol. The van der Waals surface area contributed by atoms with Gasteiger partial charge in [-0.1, -0.05) is 33.3 Å². The lowest BCUT2D eigenvalue weighted by Crippen LogP contribution is -2.39. The van der Waals surface area contributed by atoms with E-state index < -0.39 is 23.6 Å². The number of methoxy groups -OCH3 is 1. The Balaban J connectivity index is 2.49. The zero-order chi connectivity index (χ0) is 24.8. The third kappa shape index (κ3) is 7.37. The number of esters is 1.